The molecule has 0 aromatic heterocycles. The summed E-state index contributed by atoms with van der Waals surface area (Å²) < 4.78 is 10.9. The third kappa shape index (κ3) is 5.15. The maximum Gasteiger partial charge on any atom is 0.317 e. The predicted octanol–water partition coefficient (Wildman–Crippen LogP) is 2.26. The highest BCUT2D eigenvalue weighted by molar-refractivity contribution is 5.74. The number of nitrogens with one attached hydrogen (secondary N) is 1. The van der Waals surface area contributed by atoms with E-state index in [-0.39, 0.29) is 22.9 Å². The second-order valence-corrected chi connectivity index (χ2v) is 7.97. The van der Waals surface area contributed by atoms with Crippen LogP contribution in [0.1, 0.15) is 40.5 Å². The molecule has 0 radical (unpaired) electrons. The van der Waals surface area contributed by atoms with Crippen molar-refractivity contribution in [3.8, 4) is 0 Å². The van der Waals surface area contributed by atoms with Crippen LogP contribution < -0.4 is 5.32 Å². The van der Waals surface area contributed by atoms with Gasteiger partial charge < -0.3 is 19.7 Å². The first kappa shape index (κ1) is 16.6. The number of nitrogens with zero attached hydrogens (tertiary/aromatic N) is 1. The SMILES string of the molecule is CC1(C)CCN(C(=O)NC2COCCOC2)CC(C)(C)C1. The molecule has 2 aliphatic rings. The summed E-state index contributed by atoms with van der Waals surface area (Å²) in [4.78, 5) is 14.5. The maximum absolute atomic E-state index is 12.5. The lowest BCUT2D eigenvalue weighted by Crippen LogP contribution is -2.49. The van der Waals surface area contributed by atoms with Crippen molar-refractivity contribution in [2.75, 3.05) is 39.5 Å². The molecule has 0 aromatic rings. The fraction of sp³-hybridized carbons (Fsp3) is 0.938. The molecule has 5 heteroatoms. The minimum absolute atomic E-state index is 0.0138. The number of carbonyl (C=O) groups is 1. The van der Waals surface area contributed by atoms with Gasteiger partial charge >= 0.3 is 6.03 Å². The number of hydrogen-bond acceptors (Lipinski definition) is 3. The standard InChI is InChI=1S/C16H30N2O3/c1-15(2)5-6-18(12-16(3,4)11-15)14(19)17-13-9-20-7-8-21-10-13/h13H,5-12H2,1-4H3,(H,17,19). The normalized spacial score (nSPS) is 26.8. The van der Waals surface area contributed by atoms with Crippen LogP contribution in [0.15, 0.2) is 0 Å². The van der Waals surface area contributed by atoms with Gasteiger partial charge in [-0.2, -0.15) is 0 Å². The van der Waals surface area contributed by atoms with Crippen molar-refractivity contribution in [3.05, 3.63) is 0 Å². The molecule has 122 valence electrons. The Morgan fingerprint density at radius 1 is 1.10 bits per heavy atom. The Morgan fingerprint density at radius 2 is 1.71 bits per heavy atom. The molecule has 2 amide bonds. The van der Waals surface area contributed by atoms with E-state index < -0.39 is 0 Å². The summed E-state index contributed by atoms with van der Waals surface area (Å²) in [7, 11) is 0. The molecule has 0 saturated carbocycles. The van der Waals surface area contributed by atoms with E-state index in [0.29, 0.717) is 26.4 Å². The molecule has 2 rings (SSSR count). The lowest BCUT2D eigenvalue weighted by atomic mass is 9.75. The van der Waals surface area contributed by atoms with Crippen LogP contribution in [-0.2, 0) is 9.47 Å². The monoisotopic (exact) mass is 298 g/mol. The smallest absolute Gasteiger partial charge is 0.317 e. The summed E-state index contributed by atoms with van der Waals surface area (Å²) in [6.45, 7) is 13.0. The van der Waals surface area contributed by atoms with E-state index >= 15 is 0 Å². The first-order valence-electron chi connectivity index (χ1n) is 7.98. The maximum atomic E-state index is 12.5. The van der Waals surface area contributed by atoms with Gasteiger partial charge in [-0.1, -0.05) is 27.7 Å². The Hall–Kier alpha value is -0.810. The van der Waals surface area contributed by atoms with Crippen LogP contribution in [-0.4, -0.2) is 56.5 Å². The highest BCUT2D eigenvalue weighted by atomic mass is 16.5. The van der Waals surface area contributed by atoms with E-state index in [1.807, 2.05) is 4.90 Å². The van der Waals surface area contributed by atoms with Gasteiger partial charge in [0.2, 0.25) is 0 Å². The van der Waals surface area contributed by atoms with Crippen molar-refractivity contribution in [3.63, 3.8) is 0 Å². The molecular formula is C16H30N2O3. The molecule has 2 fully saturated rings. The van der Waals surface area contributed by atoms with E-state index in [0.717, 1.165) is 25.9 Å². The minimum atomic E-state index is -0.0422. The van der Waals surface area contributed by atoms with Gasteiger partial charge in [-0.05, 0) is 23.7 Å². The Kier molecular flexibility index (Phi) is 5.15. The molecule has 0 aliphatic carbocycles. The summed E-state index contributed by atoms with van der Waals surface area (Å²) in [5.41, 5.74) is 0.431. The molecular weight excluding hydrogens is 268 g/mol. The number of carbonyl (C=O) groups excluding carboxylic acids is 1. The number of amides is 2. The second-order valence-electron chi connectivity index (χ2n) is 7.97. The van der Waals surface area contributed by atoms with Gasteiger partial charge in [0.25, 0.3) is 0 Å². The van der Waals surface area contributed by atoms with Crippen LogP contribution in [0.4, 0.5) is 4.79 Å². The summed E-state index contributed by atoms with van der Waals surface area (Å²) >= 11 is 0. The van der Waals surface area contributed by atoms with E-state index in [9.17, 15) is 4.79 Å². The molecule has 2 aliphatic heterocycles. The summed E-state index contributed by atoms with van der Waals surface area (Å²) in [6.07, 6.45) is 2.18. The molecule has 0 aromatic carbocycles. The summed E-state index contributed by atoms with van der Waals surface area (Å²) in [5, 5.41) is 3.06. The number of rotatable bonds is 1. The van der Waals surface area contributed by atoms with Gasteiger partial charge in [0.15, 0.2) is 0 Å². The molecule has 2 saturated heterocycles. The third-order valence-corrected chi connectivity index (χ3v) is 4.26. The zero-order valence-corrected chi connectivity index (χ0v) is 13.9. The van der Waals surface area contributed by atoms with Crippen molar-refractivity contribution < 1.29 is 14.3 Å². The Balaban J connectivity index is 1.94. The number of hydrogen-bond donors (Lipinski definition) is 1. The first-order valence-corrected chi connectivity index (χ1v) is 7.98. The average molecular weight is 298 g/mol. The fourth-order valence-electron chi connectivity index (χ4n) is 3.61. The molecule has 2 heterocycles. The molecule has 0 bridgehead atoms. The van der Waals surface area contributed by atoms with Crippen molar-refractivity contribution >= 4 is 6.03 Å². The van der Waals surface area contributed by atoms with Gasteiger partial charge in [-0.3, -0.25) is 0 Å². The van der Waals surface area contributed by atoms with Gasteiger partial charge in [-0.15, -0.1) is 0 Å². The lowest BCUT2D eigenvalue weighted by Gasteiger charge is -2.32. The fourth-order valence-corrected chi connectivity index (χ4v) is 3.61. The third-order valence-electron chi connectivity index (χ3n) is 4.26. The van der Waals surface area contributed by atoms with E-state index in [4.69, 9.17) is 9.47 Å². The predicted molar refractivity (Wildman–Crippen MR) is 82.3 cm³/mol. The Labute approximate surface area is 128 Å². The van der Waals surface area contributed by atoms with E-state index in [1.54, 1.807) is 0 Å². The molecule has 0 spiro atoms. The summed E-state index contributed by atoms with van der Waals surface area (Å²) in [5.74, 6) is 0. The molecule has 0 unspecified atom stereocenters. The van der Waals surface area contributed by atoms with Crippen LogP contribution in [0.5, 0.6) is 0 Å². The van der Waals surface area contributed by atoms with Crippen molar-refractivity contribution in [1.29, 1.82) is 0 Å². The van der Waals surface area contributed by atoms with Gasteiger partial charge in [0, 0.05) is 13.1 Å². The molecule has 0 atom stereocenters. The zero-order chi connectivity index (χ0) is 15.5. The lowest BCUT2D eigenvalue weighted by molar-refractivity contribution is 0.103. The van der Waals surface area contributed by atoms with Crippen LogP contribution >= 0.6 is 0 Å². The number of likely N-dealkylation sites (tertiary alicyclic amines) is 1. The first-order chi connectivity index (χ1) is 9.77. The van der Waals surface area contributed by atoms with Crippen molar-refractivity contribution in [2.45, 2.75) is 46.6 Å². The quantitative estimate of drug-likeness (QED) is 0.808. The van der Waals surface area contributed by atoms with Crippen LogP contribution in [0.3, 0.4) is 0 Å². The number of ether oxygens (including phenoxy) is 2. The Bertz CT molecular complexity index is 361. The minimum Gasteiger partial charge on any atom is -0.377 e. The largest absolute Gasteiger partial charge is 0.377 e. The van der Waals surface area contributed by atoms with Gasteiger partial charge in [0.05, 0.1) is 32.5 Å². The van der Waals surface area contributed by atoms with Crippen molar-refractivity contribution in [2.24, 2.45) is 10.8 Å². The highest BCUT2D eigenvalue weighted by Gasteiger charge is 2.36. The number of urea groups is 1. The van der Waals surface area contributed by atoms with E-state index in [1.165, 1.54) is 0 Å². The molecule has 5 nitrogen and oxygen atoms in total. The van der Waals surface area contributed by atoms with Gasteiger partial charge in [0.1, 0.15) is 0 Å². The second kappa shape index (κ2) is 6.53. The van der Waals surface area contributed by atoms with Crippen LogP contribution in [0.25, 0.3) is 0 Å². The van der Waals surface area contributed by atoms with Gasteiger partial charge in [-0.25, -0.2) is 4.79 Å². The highest BCUT2D eigenvalue weighted by Crippen LogP contribution is 2.39. The summed E-state index contributed by atoms with van der Waals surface area (Å²) in [6, 6.07) is -0.0285. The average Bonchev–Trinajstić information content (AvgIpc) is 2.66. The molecule has 1 N–H and O–H groups in total. The molecule has 21 heavy (non-hydrogen) atoms. The van der Waals surface area contributed by atoms with Crippen LogP contribution in [0.2, 0.25) is 0 Å². The van der Waals surface area contributed by atoms with Crippen molar-refractivity contribution in [1.82, 2.24) is 10.2 Å². The van der Waals surface area contributed by atoms with E-state index in [2.05, 4.69) is 33.0 Å². The Morgan fingerprint density at radius 3 is 2.33 bits per heavy atom. The zero-order valence-electron chi connectivity index (χ0n) is 13.9. The topological polar surface area (TPSA) is 50.8 Å². The van der Waals surface area contributed by atoms with Crippen LogP contribution in [0, 0.1) is 10.8 Å².